The van der Waals surface area contributed by atoms with E-state index in [-0.39, 0.29) is 0 Å². The van der Waals surface area contributed by atoms with Gasteiger partial charge >= 0.3 is 0 Å². The summed E-state index contributed by atoms with van der Waals surface area (Å²) in [5, 5.41) is 5.48. The van der Waals surface area contributed by atoms with Crippen molar-refractivity contribution in [3.05, 3.63) is 22.4 Å². The minimum atomic E-state index is 0.327. The third kappa shape index (κ3) is 4.91. The Kier molecular flexibility index (Phi) is 6.54. The van der Waals surface area contributed by atoms with Gasteiger partial charge in [-0.1, -0.05) is 12.5 Å². The van der Waals surface area contributed by atoms with Crippen LogP contribution < -0.4 is 5.32 Å². The third-order valence-corrected chi connectivity index (χ3v) is 5.08. The molecule has 1 aliphatic heterocycles. The number of carbonyl (C=O) groups excluding carboxylic acids is 1. The van der Waals surface area contributed by atoms with Gasteiger partial charge in [-0.05, 0) is 56.6 Å². The van der Waals surface area contributed by atoms with Crippen LogP contribution >= 0.6 is 11.3 Å². The molecule has 0 atom stereocenters. The maximum atomic E-state index is 12.1. The highest BCUT2D eigenvalue weighted by Crippen LogP contribution is 2.15. The molecule has 20 heavy (non-hydrogen) atoms. The molecule has 1 aliphatic rings. The van der Waals surface area contributed by atoms with E-state index in [9.17, 15) is 4.79 Å². The maximum absolute atomic E-state index is 12.1. The number of nitrogens with one attached hydrogen (secondary N) is 1. The van der Waals surface area contributed by atoms with Crippen LogP contribution in [0.2, 0.25) is 0 Å². The summed E-state index contributed by atoms with van der Waals surface area (Å²) in [7, 11) is 1.98. The molecule has 112 valence electrons. The molecule has 0 aliphatic carbocycles. The van der Waals surface area contributed by atoms with E-state index < -0.39 is 0 Å². The Morgan fingerprint density at radius 2 is 2.15 bits per heavy atom. The summed E-state index contributed by atoms with van der Waals surface area (Å²) in [6.07, 6.45) is 7.45. The van der Waals surface area contributed by atoms with E-state index in [1.807, 2.05) is 23.3 Å². The first-order valence-corrected chi connectivity index (χ1v) is 8.64. The van der Waals surface area contributed by atoms with E-state index in [4.69, 9.17) is 0 Å². The Labute approximate surface area is 126 Å². The molecule has 1 saturated heterocycles. The summed E-state index contributed by atoms with van der Waals surface area (Å²) in [5.41, 5.74) is 0. The quantitative estimate of drug-likeness (QED) is 0.784. The minimum Gasteiger partial charge on any atom is -0.343 e. The van der Waals surface area contributed by atoms with Gasteiger partial charge in [0, 0.05) is 24.4 Å². The van der Waals surface area contributed by atoms with Gasteiger partial charge in [0.15, 0.2) is 0 Å². The second kappa shape index (κ2) is 8.42. The summed E-state index contributed by atoms with van der Waals surface area (Å²) in [5.74, 6) is 0.327. The molecular weight excluding hydrogens is 268 g/mol. The van der Waals surface area contributed by atoms with Crippen molar-refractivity contribution in [3.8, 4) is 0 Å². The first-order chi connectivity index (χ1) is 9.77. The topological polar surface area (TPSA) is 32.3 Å². The van der Waals surface area contributed by atoms with Crippen LogP contribution in [0.5, 0.6) is 0 Å². The van der Waals surface area contributed by atoms with Crippen LogP contribution in [0.3, 0.4) is 0 Å². The van der Waals surface area contributed by atoms with Gasteiger partial charge in [-0.25, -0.2) is 0 Å². The normalized spacial score (nSPS) is 16.2. The standard InChI is InChI=1S/C16H26N2OS/c1-18(14-9-11-17-12-10-14)16(19)8-4-2-3-6-15-7-5-13-20-15/h5,7,13-14,17H,2-4,6,8-12H2,1H3. The minimum absolute atomic E-state index is 0.327. The predicted octanol–water partition coefficient (Wildman–Crippen LogP) is 3.06. The number of aryl methyl sites for hydroxylation is 1. The maximum Gasteiger partial charge on any atom is 0.222 e. The molecule has 1 aromatic heterocycles. The monoisotopic (exact) mass is 294 g/mol. The lowest BCUT2D eigenvalue weighted by Crippen LogP contribution is -2.43. The van der Waals surface area contributed by atoms with E-state index in [0.717, 1.165) is 45.2 Å². The summed E-state index contributed by atoms with van der Waals surface area (Å²) in [6.45, 7) is 2.09. The molecule has 1 aromatic rings. The van der Waals surface area contributed by atoms with Crippen LogP contribution in [0, 0.1) is 0 Å². The molecule has 0 saturated carbocycles. The number of piperidine rings is 1. The molecule has 1 N–H and O–H groups in total. The lowest BCUT2D eigenvalue weighted by Gasteiger charge is -2.31. The predicted molar refractivity (Wildman–Crippen MR) is 85.2 cm³/mol. The molecular formula is C16H26N2OS. The van der Waals surface area contributed by atoms with E-state index in [0.29, 0.717) is 18.4 Å². The fraction of sp³-hybridized carbons (Fsp3) is 0.688. The van der Waals surface area contributed by atoms with Crippen LogP contribution in [0.15, 0.2) is 17.5 Å². The highest BCUT2D eigenvalue weighted by Gasteiger charge is 2.21. The Hall–Kier alpha value is -0.870. The molecule has 0 spiro atoms. The van der Waals surface area contributed by atoms with Gasteiger partial charge in [0.1, 0.15) is 0 Å². The second-order valence-corrected chi connectivity index (χ2v) is 6.66. The Balaban J connectivity index is 1.57. The SMILES string of the molecule is CN(C(=O)CCCCCc1cccs1)C1CCNCC1. The van der Waals surface area contributed by atoms with E-state index in [1.54, 1.807) is 0 Å². The largest absolute Gasteiger partial charge is 0.343 e. The van der Waals surface area contributed by atoms with Gasteiger partial charge < -0.3 is 10.2 Å². The van der Waals surface area contributed by atoms with Crippen LogP contribution in [-0.2, 0) is 11.2 Å². The Morgan fingerprint density at radius 1 is 1.35 bits per heavy atom. The molecule has 4 heteroatoms. The highest BCUT2D eigenvalue weighted by atomic mass is 32.1. The Bertz CT molecular complexity index is 385. The third-order valence-electron chi connectivity index (χ3n) is 4.14. The number of hydrogen-bond donors (Lipinski definition) is 1. The molecule has 0 aromatic carbocycles. The lowest BCUT2D eigenvalue weighted by molar-refractivity contribution is -0.132. The number of hydrogen-bond acceptors (Lipinski definition) is 3. The molecule has 3 nitrogen and oxygen atoms in total. The summed E-state index contributed by atoms with van der Waals surface area (Å²) >= 11 is 1.83. The van der Waals surface area contributed by atoms with Crippen molar-refractivity contribution in [1.82, 2.24) is 10.2 Å². The van der Waals surface area contributed by atoms with Crippen molar-refractivity contribution in [1.29, 1.82) is 0 Å². The van der Waals surface area contributed by atoms with Crippen LogP contribution in [0.4, 0.5) is 0 Å². The zero-order valence-electron chi connectivity index (χ0n) is 12.4. The molecule has 0 radical (unpaired) electrons. The van der Waals surface area contributed by atoms with Crippen molar-refractivity contribution in [2.24, 2.45) is 0 Å². The fourth-order valence-corrected chi connectivity index (χ4v) is 3.53. The molecule has 1 amide bonds. The van der Waals surface area contributed by atoms with E-state index >= 15 is 0 Å². The van der Waals surface area contributed by atoms with Gasteiger partial charge in [-0.3, -0.25) is 4.79 Å². The zero-order valence-corrected chi connectivity index (χ0v) is 13.3. The van der Waals surface area contributed by atoms with Gasteiger partial charge in [0.25, 0.3) is 0 Å². The van der Waals surface area contributed by atoms with Crippen molar-refractivity contribution in [2.75, 3.05) is 20.1 Å². The van der Waals surface area contributed by atoms with Gasteiger partial charge in [0.05, 0.1) is 0 Å². The average Bonchev–Trinajstić information content (AvgIpc) is 3.00. The lowest BCUT2D eigenvalue weighted by atomic mass is 10.0. The number of rotatable bonds is 7. The van der Waals surface area contributed by atoms with Crippen LogP contribution in [0.1, 0.15) is 43.4 Å². The van der Waals surface area contributed by atoms with Gasteiger partial charge in [-0.15, -0.1) is 11.3 Å². The smallest absolute Gasteiger partial charge is 0.222 e. The first kappa shape index (κ1) is 15.5. The van der Waals surface area contributed by atoms with Crippen molar-refractivity contribution in [3.63, 3.8) is 0 Å². The van der Waals surface area contributed by atoms with Crippen LogP contribution in [-0.4, -0.2) is 37.0 Å². The van der Waals surface area contributed by atoms with Crippen molar-refractivity contribution >= 4 is 17.2 Å². The molecule has 1 fully saturated rings. The molecule has 0 unspecified atom stereocenters. The van der Waals surface area contributed by atoms with Gasteiger partial charge in [0.2, 0.25) is 5.91 Å². The van der Waals surface area contributed by atoms with Gasteiger partial charge in [-0.2, -0.15) is 0 Å². The van der Waals surface area contributed by atoms with Crippen molar-refractivity contribution in [2.45, 2.75) is 51.0 Å². The summed E-state index contributed by atoms with van der Waals surface area (Å²) in [4.78, 5) is 15.6. The van der Waals surface area contributed by atoms with E-state index in [2.05, 4.69) is 22.8 Å². The fourth-order valence-electron chi connectivity index (χ4n) is 2.78. The second-order valence-electron chi connectivity index (χ2n) is 5.63. The zero-order chi connectivity index (χ0) is 14.2. The number of unbranched alkanes of at least 4 members (excludes halogenated alkanes) is 2. The average molecular weight is 294 g/mol. The van der Waals surface area contributed by atoms with Crippen LogP contribution in [0.25, 0.3) is 0 Å². The number of amides is 1. The molecule has 0 bridgehead atoms. The highest BCUT2D eigenvalue weighted by molar-refractivity contribution is 7.09. The number of nitrogens with zero attached hydrogens (tertiary/aromatic N) is 1. The summed E-state index contributed by atoms with van der Waals surface area (Å²) in [6, 6.07) is 4.76. The number of thiophene rings is 1. The first-order valence-electron chi connectivity index (χ1n) is 7.76. The van der Waals surface area contributed by atoms with E-state index in [1.165, 1.54) is 11.3 Å². The molecule has 2 rings (SSSR count). The summed E-state index contributed by atoms with van der Waals surface area (Å²) < 4.78 is 0. The van der Waals surface area contributed by atoms with Crippen molar-refractivity contribution < 1.29 is 4.79 Å². The Morgan fingerprint density at radius 3 is 2.85 bits per heavy atom. The molecule has 2 heterocycles. The number of carbonyl (C=O) groups is 1.